The van der Waals surface area contributed by atoms with Crippen molar-refractivity contribution in [3.05, 3.63) is 41.0 Å². The Balaban J connectivity index is 1.59. The average molecular weight is 349 g/mol. The van der Waals surface area contributed by atoms with Crippen molar-refractivity contribution in [3.63, 3.8) is 0 Å². The minimum atomic E-state index is -0.609. The number of amides is 1. The summed E-state index contributed by atoms with van der Waals surface area (Å²) in [5.74, 6) is -0.967. The van der Waals surface area contributed by atoms with Crippen LogP contribution in [-0.4, -0.2) is 42.7 Å². The van der Waals surface area contributed by atoms with Gasteiger partial charge in [-0.2, -0.15) is 0 Å². The van der Waals surface area contributed by atoms with E-state index in [2.05, 4.69) is 10.3 Å². The Morgan fingerprint density at radius 1 is 1.38 bits per heavy atom. The molecule has 126 valence electrons. The third-order valence-corrected chi connectivity index (χ3v) is 3.98. The van der Waals surface area contributed by atoms with Gasteiger partial charge in [0.2, 0.25) is 0 Å². The topological polar surface area (TPSA) is 77.5 Å². The molecule has 0 radical (unpaired) electrons. The van der Waals surface area contributed by atoms with E-state index in [-0.39, 0.29) is 29.3 Å². The molecule has 0 bridgehead atoms. The molecule has 1 saturated heterocycles. The van der Waals surface area contributed by atoms with Crippen LogP contribution in [0.15, 0.2) is 30.3 Å². The number of rotatable bonds is 5. The van der Waals surface area contributed by atoms with Gasteiger partial charge in [-0.1, -0.05) is 29.8 Å². The van der Waals surface area contributed by atoms with Gasteiger partial charge in [-0.3, -0.25) is 4.79 Å². The molecule has 1 aromatic heterocycles. The number of nitrogens with zero attached hydrogens (tertiary/aromatic N) is 1. The predicted octanol–water partition coefficient (Wildman–Crippen LogP) is 2.34. The molecule has 1 amide bonds. The van der Waals surface area contributed by atoms with Gasteiger partial charge >= 0.3 is 5.97 Å². The molecule has 1 aromatic carbocycles. The molecule has 2 aromatic rings. The summed E-state index contributed by atoms with van der Waals surface area (Å²) in [7, 11) is 0. The van der Waals surface area contributed by atoms with Crippen LogP contribution in [0.1, 0.15) is 23.2 Å². The molecule has 1 fully saturated rings. The van der Waals surface area contributed by atoms with Gasteiger partial charge in [0, 0.05) is 18.5 Å². The number of esters is 1. The zero-order valence-electron chi connectivity index (χ0n) is 13.0. The van der Waals surface area contributed by atoms with Crippen molar-refractivity contribution in [3.8, 4) is 0 Å². The molecule has 0 spiro atoms. The molecule has 6 nitrogen and oxygen atoms in total. The van der Waals surface area contributed by atoms with Crippen LogP contribution in [0.4, 0.5) is 0 Å². The van der Waals surface area contributed by atoms with E-state index >= 15 is 0 Å². The maximum atomic E-state index is 12.3. The smallest absolute Gasteiger partial charge is 0.339 e. The van der Waals surface area contributed by atoms with Crippen LogP contribution >= 0.6 is 11.6 Å². The number of halogens is 1. The number of aromatic nitrogens is 1. The van der Waals surface area contributed by atoms with Crippen LogP contribution < -0.4 is 5.32 Å². The van der Waals surface area contributed by atoms with Gasteiger partial charge in [-0.25, -0.2) is 9.78 Å². The first-order valence-electron chi connectivity index (χ1n) is 7.74. The highest BCUT2D eigenvalue weighted by atomic mass is 35.5. The lowest BCUT2D eigenvalue weighted by atomic mass is 10.1. The molecule has 1 aliphatic heterocycles. The van der Waals surface area contributed by atoms with Crippen molar-refractivity contribution < 1.29 is 19.1 Å². The third kappa shape index (κ3) is 4.01. The molecule has 7 heteroatoms. The summed E-state index contributed by atoms with van der Waals surface area (Å²) in [5.41, 5.74) is 0.886. The van der Waals surface area contributed by atoms with Gasteiger partial charge < -0.3 is 14.8 Å². The average Bonchev–Trinajstić information content (AvgIpc) is 3.10. The lowest BCUT2D eigenvalue weighted by molar-refractivity contribution is -0.124. The molecule has 2 heterocycles. The van der Waals surface area contributed by atoms with E-state index in [1.807, 2.05) is 0 Å². The number of pyridine rings is 1. The van der Waals surface area contributed by atoms with E-state index in [1.165, 1.54) is 6.07 Å². The minimum absolute atomic E-state index is 0.0487. The van der Waals surface area contributed by atoms with Crippen LogP contribution in [0.25, 0.3) is 10.9 Å². The molecule has 1 aliphatic rings. The van der Waals surface area contributed by atoms with Gasteiger partial charge in [0.25, 0.3) is 5.91 Å². The second kappa shape index (κ2) is 7.59. The summed E-state index contributed by atoms with van der Waals surface area (Å²) < 4.78 is 10.5. The zero-order chi connectivity index (χ0) is 16.9. The Morgan fingerprint density at radius 3 is 3.00 bits per heavy atom. The normalized spacial score (nSPS) is 17.0. The fourth-order valence-electron chi connectivity index (χ4n) is 2.60. The fourth-order valence-corrected chi connectivity index (χ4v) is 2.81. The molecule has 3 rings (SSSR count). The summed E-state index contributed by atoms with van der Waals surface area (Å²) in [6.45, 7) is 0.811. The number of hydrogen-bond donors (Lipinski definition) is 1. The van der Waals surface area contributed by atoms with Crippen LogP contribution in [0, 0.1) is 0 Å². The second-order valence-electron chi connectivity index (χ2n) is 5.52. The first-order chi connectivity index (χ1) is 11.6. The Hall–Kier alpha value is -2.18. The van der Waals surface area contributed by atoms with Crippen molar-refractivity contribution in [2.24, 2.45) is 0 Å². The Morgan fingerprint density at radius 2 is 2.21 bits per heavy atom. The molecule has 0 unspecified atom stereocenters. The Kier molecular flexibility index (Phi) is 5.27. The summed E-state index contributed by atoms with van der Waals surface area (Å²) in [6.07, 6.45) is 1.99. The summed E-state index contributed by atoms with van der Waals surface area (Å²) in [4.78, 5) is 28.2. The SMILES string of the molecule is O=C(COC(=O)c1cc(Cl)nc2ccccc12)NC[C@H]1CCCO1. The highest BCUT2D eigenvalue weighted by molar-refractivity contribution is 6.30. The highest BCUT2D eigenvalue weighted by Gasteiger charge is 2.18. The number of benzene rings is 1. The van der Waals surface area contributed by atoms with Crippen molar-refractivity contribution in [2.75, 3.05) is 19.8 Å². The fraction of sp³-hybridized carbons (Fsp3) is 0.353. The highest BCUT2D eigenvalue weighted by Crippen LogP contribution is 2.21. The van der Waals surface area contributed by atoms with Crippen LogP contribution in [0.2, 0.25) is 5.15 Å². The zero-order valence-corrected chi connectivity index (χ0v) is 13.7. The minimum Gasteiger partial charge on any atom is -0.452 e. The van der Waals surface area contributed by atoms with Crippen LogP contribution in [-0.2, 0) is 14.3 Å². The molecule has 0 aliphatic carbocycles. The maximum absolute atomic E-state index is 12.3. The number of ether oxygens (including phenoxy) is 2. The summed E-state index contributed by atoms with van der Waals surface area (Å²) in [6, 6.07) is 8.55. The van der Waals surface area contributed by atoms with Crippen molar-refractivity contribution in [1.82, 2.24) is 10.3 Å². The van der Waals surface area contributed by atoms with Crippen molar-refractivity contribution in [2.45, 2.75) is 18.9 Å². The number of para-hydroxylation sites is 1. The van der Waals surface area contributed by atoms with E-state index in [1.54, 1.807) is 24.3 Å². The maximum Gasteiger partial charge on any atom is 0.339 e. The van der Waals surface area contributed by atoms with Gasteiger partial charge in [-0.15, -0.1) is 0 Å². The van der Waals surface area contributed by atoms with Gasteiger partial charge in [0.1, 0.15) is 5.15 Å². The van der Waals surface area contributed by atoms with Crippen molar-refractivity contribution >= 4 is 34.4 Å². The largest absolute Gasteiger partial charge is 0.452 e. The summed E-state index contributed by atoms with van der Waals surface area (Å²) in [5, 5.41) is 3.53. The third-order valence-electron chi connectivity index (χ3n) is 3.79. The molecular formula is C17H17ClN2O4. The molecule has 24 heavy (non-hydrogen) atoms. The second-order valence-corrected chi connectivity index (χ2v) is 5.91. The first-order valence-corrected chi connectivity index (χ1v) is 8.12. The van der Waals surface area contributed by atoms with Crippen molar-refractivity contribution in [1.29, 1.82) is 0 Å². The van der Waals surface area contributed by atoms with Gasteiger partial charge in [-0.05, 0) is 25.0 Å². The van der Waals surface area contributed by atoms with Gasteiger partial charge in [0.15, 0.2) is 6.61 Å². The van der Waals surface area contributed by atoms with E-state index in [0.717, 1.165) is 19.4 Å². The summed E-state index contributed by atoms with van der Waals surface area (Å²) >= 11 is 5.94. The lowest BCUT2D eigenvalue weighted by Crippen LogP contribution is -2.34. The van der Waals surface area contributed by atoms with Gasteiger partial charge in [0.05, 0.1) is 17.2 Å². The Labute approximate surface area is 144 Å². The molecule has 0 saturated carbocycles. The number of carbonyl (C=O) groups is 2. The number of fused-ring (bicyclic) bond motifs is 1. The van der Waals surface area contributed by atoms with E-state index in [0.29, 0.717) is 17.4 Å². The quantitative estimate of drug-likeness (QED) is 0.663. The monoisotopic (exact) mass is 348 g/mol. The van der Waals surface area contributed by atoms with E-state index in [4.69, 9.17) is 21.1 Å². The lowest BCUT2D eigenvalue weighted by Gasteiger charge is -2.11. The van der Waals surface area contributed by atoms with E-state index in [9.17, 15) is 9.59 Å². The standard InChI is InChI=1S/C17H17ClN2O4/c18-15-8-13(12-5-1-2-6-14(12)20-15)17(22)24-10-16(21)19-9-11-4-3-7-23-11/h1-2,5-6,8,11H,3-4,7,9-10H2,(H,19,21)/t11-/m1/s1. The number of nitrogens with one attached hydrogen (secondary N) is 1. The number of hydrogen-bond acceptors (Lipinski definition) is 5. The van der Waals surface area contributed by atoms with Crippen LogP contribution in [0.3, 0.4) is 0 Å². The number of carbonyl (C=O) groups excluding carboxylic acids is 2. The Bertz CT molecular complexity index is 759. The molecule has 1 atom stereocenters. The molecule has 1 N–H and O–H groups in total. The predicted molar refractivity (Wildman–Crippen MR) is 89.0 cm³/mol. The molecular weight excluding hydrogens is 332 g/mol. The van der Waals surface area contributed by atoms with Crippen LogP contribution in [0.5, 0.6) is 0 Å². The van der Waals surface area contributed by atoms with E-state index < -0.39 is 5.97 Å². The first kappa shape index (κ1) is 16.7.